The number of allylic oxidation sites excluding steroid dienone is 3. The molecule has 0 aromatic heterocycles. The molecule has 1 aliphatic carbocycles. The SMILES string of the molecule is CC/C1=C(C(C)CC[C@H]2CC[C@H](CN)CC2)/N=C(Nc2cccc([S+](C)[O-])c2)\C(C(=O)NC)=C\CC1C. The Morgan fingerprint density at radius 2 is 1.95 bits per heavy atom. The lowest BCUT2D eigenvalue weighted by Crippen LogP contribution is -2.30. The number of carbonyl (C=O) groups excluding carboxylic acids is 1. The Bertz CT molecular complexity index is 1010. The summed E-state index contributed by atoms with van der Waals surface area (Å²) < 4.78 is 12.1. The summed E-state index contributed by atoms with van der Waals surface area (Å²) in [7, 11) is 1.65. The van der Waals surface area contributed by atoms with Crippen LogP contribution in [0.15, 0.2) is 57.1 Å². The second-order valence-corrected chi connectivity index (χ2v) is 12.1. The molecule has 6 nitrogen and oxygen atoms in total. The van der Waals surface area contributed by atoms with Crippen LogP contribution in [0.4, 0.5) is 5.69 Å². The van der Waals surface area contributed by atoms with E-state index in [1.807, 2.05) is 30.3 Å². The molecule has 1 aromatic rings. The molecular formula is C30H46N4O2S. The number of amides is 1. The number of hydrogen-bond donors (Lipinski definition) is 3. The Labute approximate surface area is 226 Å². The zero-order valence-electron chi connectivity index (χ0n) is 23.3. The first-order valence-corrected chi connectivity index (χ1v) is 15.5. The van der Waals surface area contributed by atoms with Gasteiger partial charge in [0, 0.05) is 24.5 Å². The van der Waals surface area contributed by atoms with E-state index in [4.69, 9.17) is 10.7 Å². The van der Waals surface area contributed by atoms with Gasteiger partial charge < -0.3 is 20.9 Å². The lowest BCUT2D eigenvalue weighted by Gasteiger charge is -2.29. The topological polar surface area (TPSA) is 103 Å². The maximum Gasteiger partial charge on any atom is 0.254 e. The van der Waals surface area contributed by atoms with Crippen LogP contribution in [0.2, 0.25) is 0 Å². The smallest absolute Gasteiger partial charge is 0.254 e. The molecule has 3 rings (SSSR count). The van der Waals surface area contributed by atoms with Crippen molar-refractivity contribution in [3.8, 4) is 0 Å². The van der Waals surface area contributed by atoms with E-state index in [2.05, 4.69) is 31.4 Å². The molecule has 1 aromatic carbocycles. The summed E-state index contributed by atoms with van der Waals surface area (Å²) in [6.07, 6.45) is 12.7. The number of aliphatic imine (C=N–C) groups is 1. The number of benzene rings is 1. The Kier molecular flexibility index (Phi) is 11.3. The predicted molar refractivity (Wildman–Crippen MR) is 156 cm³/mol. The standard InChI is InChI=1S/C30H46N4O2S/c1-6-26-20(2)11-17-27(30(35)32-4)29(33-24-8-7-9-25(18-24)37(5)36)34-28(26)21(3)10-12-22-13-15-23(19-31)16-14-22/h7-9,17-18,20-23H,6,10-16,19,31H2,1-5H3,(H,32,35)(H,33,34)/b27-17-,28-26-/t20?,21?,22-,23-,37?. The van der Waals surface area contributed by atoms with Crippen LogP contribution < -0.4 is 16.4 Å². The fourth-order valence-electron chi connectivity index (χ4n) is 5.69. The second kappa shape index (κ2) is 14.2. The van der Waals surface area contributed by atoms with E-state index in [9.17, 15) is 9.35 Å². The van der Waals surface area contributed by atoms with E-state index in [0.717, 1.165) is 48.0 Å². The minimum atomic E-state index is -1.10. The van der Waals surface area contributed by atoms with Gasteiger partial charge in [0.2, 0.25) is 0 Å². The molecule has 3 unspecified atom stereocenters. The fourth-order valence-corrected chi connectivity index (χ4v) is 6.26. The molecule has 1 fully saturated rings. The Hall–Kier alpha value is -2.09. The third kappa shape index (κ3) is 7.95. The molecule has 3 atom stereocenters. The lowest BCUT2D eigenvalue weighted by molar-refractivity contribution is -0.116. The van der Waals surface area contributed by atoms with Gasteiger partial charge in [-0.1, -0.05) is 45.8 Å². The van der Waals surface area contributed by atoms with Gasteiger partial charge in [0.1, 0.15) is 12.1 Å². The molecule has 1 amide bonds. The van der Waals surface area contributed by atoms with Gasteiger partial charge in [-0.3, -0.25) is 4.79 Å². The van der Waals surface area contributed by atoms with Crippen molar-refractivity contribution < 1.29 is 9.35 Å². The fraction of sp³-hybridized carbons (Fsp3) is 0.600. The molecule has 4 N–H and O–H groups in total. The van der Waals surface area contributed by atoms with Gasteiger partial charge >= 0.3 is 0 Å². The van der Waals surface area contributed by atoms with E-state index < -0.39 is 11.2 Å². The van der Waals surface area contributed by atoms with Crippen molar-refractivity contribution >= 4 is 28.6 Å². The first-order chi connectivity index (χ1) is 17.8. The van der Waals surface area contributed by atoms with Crippen LogP contribution in [0.5, 0.6) is 0 Å². The Morgan fingerprint density at radius 3 is 2.57 bits per heavy atom. The van der Waals surface area contributed by atoms with Crippen molar-refractivity contribution in [3.05, 3.63) is 47.2 Å². The molecule has 0 saturated heterocycles. The molecule has 1 heterocycles. The zero-order chi connectivity index (χ0) is 26.9. The number of likely N-dealkylation sites (N-methyl/N-ethyl adjacent to an activating group) is 1. The van der Waals surface area contributed by atoms with Crippen molar-refractivity contribution in [2.24, 2.45) is 34.4 Å². The molecule has 0 bridgehead atoms. The number of anilines is 1. The first-order valence-electron chi connectivity index (χ1n) is 13.9. The highest BCUT2D eigenvalue weighted by Gasteiger charge is 2.26. The van der Waals surface area contributed by atoms with Crippen LogP contribution in [0.1, 0.15) is 72.1 Å². The summed E-state index contributed by atoms with van der Waals surface area (Å²) >= 11 is -1.10. The summed E-state index contributed by atoms with van der Waals surface area (Å²) in [6, 6.07) is 7.52. The number of nitrogens with zero attached hydrogens (tertiary/aromatic N) is 1. The highest BCUT2D eigenvalue weighted by atomic mass is 32.2. The monoisotopic (exact) mass is 526 g/mol. The van der Waals surface area contributed by atoms with Crippen molar-refractivity contribution in [2.75, 3.05) is 25.2 Å². The number of carbonyl (C=O) groups is 1. The van der Waals surface area contributed by atoms with Gasteiger partial charge in [-0.2, -0.15) is 0 Å². The Morgan fingerprint density at radius 1 is 1.24 bits per heavy atom. The molecule has 7 heteroatoms. The quantitative estimate of drug-likeness (QED) is 0.354. The van der Waals surface area contributed by atoms with Crippen LogP contribution in [0.3, 0.4) is 0 Å². The number of nitrogens with one attached hydrogen (secondary N) is 2. The van der Waals surface area contributed by atoms with Crippen molar-refractivity contribution in [1.29, 1.82) is 0 Å². The summed E-state index contributed by atoms with van der Waals surface area (Å²) in [5, 5.41) is 6.20. The second-order valence-electron chi connectivity index (χ2n) is 10.8. The minimum Gasteiger partial charge on any atom is -0.612 e. The normalized spacial score (nSPS) is 29.1. The molecule has 2 aliphatic rings. The number of hydrogen-bond acceptors (Lipinski definition) is 5. The molecular weight excluding hydrogens is 480 g/mol. The van der Waals surface area contributed by atoms with Crippen molar-refractivity contribution in [1.82, 2.24) is 5.32 Å². The van der Waals surface area contributed by atoms with Crippen molar-refractivity contribution in [3.63, 3.8) is 0 Å². The van der Waals surface area contributed by atoms with Crippen LogP contribution >= 0.6 is 0 Å². The lowest BCUT2D eigenvalue weighted by atomic mass is 9.78. The van der Waals surface area contributed by atoms with E-state index in [0.29, 0.717) is 29.2 Å². The van der Waals surface area contributed by atoms with Gasteiger partial charge in [0.05, 0.1) is 5.57 Å². The van der Waals surface area contributed by atoms with Crippen LogP contribution in [-0.2, 0) is 16.0 Å². The summed E-state index contributed by atoms with van der Waals surface area (Å²) in [5.74, 6) is 2.48. The summed E-state index contributed by atoms with van der Waals surface area (Å²) in [4.78, 5) is 18.9. The minimum absolute atomic E-state index is 0.155. The zero-order valence-corrected chi connectivity index (χ0v) is 24.1. The van der Waals surface area contributed by atoms with E-state index >= 15 is 0 Å². The number of amidine groups is 1. The van der Waals surface area contributed by atoms with Gasteiger partial charge in [0.25, 0.3) is 5.91 Å². The third-order valence-corrected chi connectivity index (χ3v) is 9.06. The van der Waals surface area contributed by atoms with Gasteiger partial charge in [-0.05, 0) is 97.6 Å². The molecule has 204 valence electrons. The summed E-state index contributed by atoms with van der Waals surface area (Å²) in [5.41, 5.74) is 9.70. The molecule has 1 saturated carbocycles. The molecule has 37 heavy (non-hydrogen) atoms. The average Bonchev–Trinajstić information content (AvgIpc) is 2.90. The maximum absolute atomic E-state index is 13.0. The van der Waals surface area contributed by atoms with Gasteiger partial charge in [-0.15, -0.1) is 0 Å². The number of nitrogens with two attached hydrogens (primary N) is 1. The average molecular weight is 527 g/mol. The highest BCUT2D eigenvalue weighted by molar-refractivity contribution is 7.90. The predicted octanol–water partition coefficient (Wildman–Crippen LogP) is 5.79. The van der Waals surface area contributed by atoms with Crippen LogP contribution in [-0.4, -0.2) is 36.1 Å². The first kappa shape index (κ1) is 29.5. The van der Waals surface area contributed by atoms with E-state index in [-0.39, 0.29) is 5.91 Å². The maximum atomic E-state index is 13.0. The van der Waals surface area contributed by atoms with Gasteiger partial charge in [0.15, 0.2) is 4.90 Å². The molecule has 0 radical (unpaired) electrons. The largest absolute Gasteiger partial charge is 0.612 e. The molecule has 0 spiro atoms. The van der Waals surface area contributed by atoms with Crippen LogP contribution in [0, 0.1) is 23.7 Å². The van der Waals surface area contributed by atoms with E-state index in [1.165, 1.54) is 37.7 Å². The van der Waals surface area contributed by atoms with E-state index in [1.54, 1.807) is 13.3 Å². The third-order valence-electron chi connectivity index (χ3n) is 8.14. The highest BCUT2D eigenvalue weighted by Crippen LogP contribution is 2.36. The van der Waals surface area contributed by atoms with Gasteiger partial charge in [-0.25, -0.2) is 4.99 Å². The van der Waals surface area contributed by atoms with Crippen molar-refractivity contribution in [2.45, 2.75) is 77.0 Å². The summed E-state index contributed by atoms with van der Waals surface area (Å²) in [6.45, 7) is 7.55. The van der Waals surface area contributed by atoms with Crippen LogP contribution in [0.25, 0.3) is 0 Å². The molecule has 1 aliphatic heterocycles. The number of rotatable bonds is 9. The Balaban J connectivity index is 1.93.